The molecular formula is C11H8BrNO3. The summed E-state index contributed by atoms with van der Waals surface area (Å²) in [6.45, 7) is 0. The van der Waals surface area contributed by atoms with Gasteiger partial charge in [0.1, 0.15) is 0 Å². The van der Waals surface area contributed by atoms with Crippen molar-refractivity contribution in [1.29, 1.82) is 0 Å². The molecule has 0 bridgehead atoms. The molecule has 0 unspecified atom stereocenters. The quantitative estimate of drug-likeness (QED) is 0.940. The largest absolute Gasteiger partial charge is 0.475 e. The van der Waals surface area contributed by atoms with Gasteiger partial charge < -0.3 is 9.52 Å². The number of carboxylic acids is 1. The van der Waals surface area contributed by atoms with Gasteiger partial charge in [0.15, 0.2) is 5.89 Å². The Morgan fingerprint density at radius 1 is 1.44 bits per heavy atom. The Hall–Kier alpha value is -1.62. The van der Waals surface area contributed by atoms with Crippen molar-refractivity contribution in [2.24, 2.45) is 0 Å². The van der Waals surface area contributed by atoms with Gasteiger partial charge in [-0.2, -0.15) is 0 Å². The van der Waals surface area contributed by atoms with Crippen LogP contribution in [0.3, 0.4) is 0 Å². The molecule has 2 rings (SSSR count). The number of nitrogens with zero attached hydrogens (tertiary/aromatic N) is 1. The summed E-state index contributed by atoms with van der Waals surface area (Å²) in [6, 6.07) is 7.65. The Balaban J connectivity index is 2.21. The predicted octanol–water partition coefficient (Wildman–Crippen LogP) is 2.73. The third-order valence-corrected chi connectivity index (χ3v) is 2.84. The molecule has 0 radical (unpaired) electrons. The van der Waals surface area contributed by atoms with Gasteiger partial charge in [-0.15, -0.1) is 0 Å². The third-order valence-electron chi connectivity index (χ3n) is 2.06. The lowest BCUT2D eigenvalue weighted by Gasteiger charge is -1.99. The van der Waals surface area contributed by atoms with Gasteiger partial charge in [-0.05, 0) is 11.6 Å². The summed E-state index contributed by atoms with van der Waals surface area (Å²) in [4.78, 5) is 14.5. The molecule has 0 fully saturated rings. The maximum absolute atomic E-state index is 10.6. The van der Waals surface area contributed by atoms with E-state index in [4.69, 9.17) is 9.52 Å². The molecule has 0 aliphatic rings. The number of hydrogen-bond acceptors (Lipinski definition) is 3. The number of aromatic carboxylic acids is 1. The van der Waals surface area contributed by atoms with Gasteiger partial charge in [0, 0.05) is 4.47 Å². The molecule has 0 aliphatic carbocycles. The molecular weight excluding hydrogens is 274 g/mol. The van der Waals surface area contributed by atoms with Crippen LogP contribution in [0, 0.1) is 0 Å². The first kappa shape index (κ1) is 10.9. The SMILES string of the molecule is O=C(O)c1cnc(Cc2ccccc2Br)o1. The summed E-state index contributed by atoms with van der Waals surface area (Å²) in [6.07, 6.45) is 1.68. The summed E-state index contributed by atoms with van der Waals surface area (Å²) < 4.78 is 6.02. The van der Waals surface area contributed by atoms with Crippen molar-refractivity contribution in [1.82, 2.24) is 4.98 Å². The summed E-state index contributed by atoms with van der Waals surface area (Å²) in [7, 11) is 0. The highest BCUT2D eigenvalue weighted by molar-refractivity contribution is 9.10. The highest BCUT2D eigenvalue weighted by Gasteiger charge is 2.11. The Labute approximate surface area is 100 Å². The van der Waals surface area contributed by atoms with E-state index in [1.165, 1.54) is 6.20 Å². The van der Waals surface area contributed by atoms with E-state index in [2.05, 4.69) is 20.9 Å². The van der Waals surface area contributed by atoms with Crippen LogP contribution < -0.4 is 0 Å². The Kier molecular flexibility index (Phi) is 3.05. The van der Waals surface area contributed by atoms with Crippen molar-refractivity contribution in [3.63, 3.8) is 0 Å². The molecule has 1 heterocycles. The molecule has 1 aromatic heterocycles. The molecule has 0 saturated carbocycles. The normalized spacial score (nSPS) is 10.3. The van der Waals surface area contributed by atoms with Crippen molar-refractivity contribution in [2.45, 2.75) is 6.42 Å². The lowest BCUT2D eigenvalue weighted by atomic mass is 10.1. The van der Waals surface area contributed by atoms with Crippen LogP contribution in [0.2, 0.25) is 0 Å². The molecule has 16 heavy (non-hydrogen) atoms. The van der Waals surface area contributed by atoms with Crippen molar-refractivity contribution in [2.75, 3.05) is 0 Å². The molecule has 4 nitrogen and oxygen atoms in total. The van der Waals surface area contributed by atoms with Gasteiger partial charge in [0.25, 0.3) is 0 Å². The third kappa shape index (κ3) is 2.30. The molecule has 82 valence electrons. The van der Waals surface area contributed by atoms with E-state index >= 15 is 0 Å². The fourth-order valence-electron chi connectivity index (χ4n) is 1.30. The molecule has 0 saturated heterocycles. The van der Waals surface area contributed by atoms with Crippen molar-refractivity contribution in [3.05, 3.63) is 52.1 Å². The van der Waals surface area contributed by atoms with Crippen LogP contribution >= 0.6 is 15.9 Å². The van der Waals surface area contributed by atoms with Crippen LogP contribution in [0.15, 0.2) is 39.4 Å². The highest BCUT2D eigenvalue weighted by atomic mass is 79.9. The number of carbonyl (C=O) groups is 1. The highest BCUT2D eigenvalue weighted by Crippen LogP contribution is 2.19. The minimum atomic E-state index is -1.11. The molecule has 0 aliphatic heterocycles. The number of oxazole rings is 1. The van der Waals surface area contributed by atoms with Gasteiger partial charge in [-0.1, -0.05) is 34.1 Å². The van der Waals surface area contributed by atoms with Crippen molar-refractivity contribution < 1.29 is 14.3 Å². The number of halogens is 1. The summed E-state index contributed by atoms with van der Waals surface area (Å²) in [5.74, 6) is -0.850. The monoisotopic (exact) mass is 281 g/mol. The van der Waals surface area contributed by atoms with Gasteiger partial charge >= 0.3 is 5.97 Å². The molecule has 1 aromatic carbocycles. The molecule has 0 spiro atoms. The molecule has 2 aromatic rings. The van der Waals surface area contributed by atoms with Crippen LogP contribution in [0.1, 0.15) is 22.0 Å². The molecule has 0 amide bonds. The van der Waals surface area contributed by atoms with E-state index in [9.17, 15) is 4.79 Å². The second-order valence-corrected chi connectivity index (χ2v) is 4.05. The van der Waals surface area contributed by atoms with Gasteiger partial charge in [0.2, 0.25) is 5.76 Å². The minimum Gasteiger partial charge on any atom is -0.475 e. The zero-order chi connectivity index (χ0) is 11.5. The van der Waals surface area contributed by atoms with E-state index in [1.807, 2.05) is 24.3 Å². The van der Waals surface area contributed by atoms with Crippen LogP contribution in [-0.2, 0) is 6.42 Å². The first-order chi connectivity index (χ1) is 7.66. The van der Waals surface area contributed by atoms with E-state index in [1.54, 1.807) is 0 Å². The fraction of sp³-hybridized carbons (Fsp3) is 0.0909. The molecule has 1 N–H and O–H groups in total. The number of carboxylic acid groups (broad SMARTS) is 1. The smallest absolute Gasteiger partial charge is 0.373 e. The van der Waals surface area contributed by atoms with Crippen LogP contribution in [0.5, 0.6) is 0 Å². The van der Waals surface area contributed by atoms with Crippen molar-refractivity contribution >= 4 is 21.9 Å². The Morgan fingerprint density at radius 3 is 2.81 bits per heavy atom. The van der Waals surface area contributed by atoms with E-state index < -0.39 is 5.97 Å². The van der Waals surface area contributed by atoms with Crippen molar-refractivity contribution in [3.8, 4) is 0 Å². The lowest BCUT2D eigenvalue weighted by molar-refractivity contribution is 0.0660. The minimum absolute atomic E-state index is 0.137. The van der Waals surface area contributed by atoms with Gasteiger partial charge in [-0.3, -0.25) is 0 Å². The second-order valence-electron chi connectivity index (χ2n) is 3.19. The van der Waals surface area contributed by atoms with Crippen LogP contribution in [0.25, 0.3) is 0 Å². The summed E-state index contributed by atoms with van der Waals surface area (Å²) >= 11 is 3.40. The zero-order valence-electron chi connectivity index (χ0n) is 8.18. The van der Waals surface area contributed by atoms with E-state index in [0.29, 0.717) is 12.3 Å². The van der Waals surface area contributed by atoms with E-state index in [-0.39, 0.29) is 5.76 Å². The van der Waals surface area contributed by atoms with Gasteiger partial charge in [-0.25, -0.2) is 9.78 Å². The lowest BCUT2D eigenvalue weighted by Crippen LogP contribution is -1.92. The Morgan fingerprint density at radius 2 is 2.19 bits per heavy atom. The fourth-order valence-corrected chi connectivity index (χ4v) is 1.72. The number of hydrogen-bond donors (Lipinski definition) is 1. The van der Waals surface area contributed by atoms with E-state index in [0.717, 1.165) is 10.0 Å². The molecule has 0 atom stereocenters. The summed E-state index contributed by atoms with van der Waals surface area (Å²) in [5.41, 5.74) is 1.00. The second kappa shape index (κ2) is 4.49. The first-order valence-electron chi connectivity index (χ1n) is 4.58. The maximum atomic E-state index is 10.6. The number of aromatic nitrogens is 1. The topological polar surface area (TPSA) is 63.3 Å². The van der Waals surface area contributed by atoms with Crippen LogP contribution in [0.4, 0.5) is 0 Å². The molecule has 5 heteroatoms. The Bertz CT molecular complexity index is 521. The first-order valence-corrected chi connectivity index (χ1v) is 5.37. The average molecular weight is 282 g/mol. The predicted molar refractivity (Wildman–Crippen MR) is 60.4 cm³/mol. The average Bonchev–Trinajstić information content (AvgIpc) is 2.70. The number of rotatable bonds is 3. The maximum Gasteiger partial charge on any atom is 0.373 e. The standard InChI is InChI=1S/C11H8BrNO3/c12-8-4-2-1-3-7(8)5-10-13-6-9(16-10)11(14)15/h1-4,6H,5H2,(H,14,15). The zero-order valence-corrected chi connectivity index (χ0v) is 9.77. The summed E-state index contributed by atoms with van der Waals surface area (Å²) in [5, 5.41) is 8.68. The van der Waals surface area contributed by atoms with Crippen LogP contribution in [-0.4, -0.2) is 16.1 Å². The number of benzene rings is 1. The van der Waals surface area contributed by atoms with Gasteiger partial charge in [0.05, 0.1) is 12.6 Å².